The molecule has 2 N–H and O–H groups in total. The maximum atomic E-state index is 13.0. The van der Waals surface area contributed by atoms with Gasteiger partial charge in [-0.1, -0.05) is 19.3 Å². The van der Waals surface area contributed by atoms with Gasteiger partial charge in [-0.05, 0) is 51.0 Å². The number of halogens is 1. The van der Waals surface area contributed by atoms with E-state index in [-0.39, 0.29) is 10.8 Å². The first-order chi connectivity index (χ1) is 12.2. The van der Waals surface area contributed by atoms with Crippen molar-refractivity contribution in [3.8, 4) is 0 Å². The van der Waals surface area contributed by atoms with Crippen LogP contribution in [0.5, 0.6) is 0 Å². The molecule has 1 atom stereocenters. The van der Waals surface area contributed by atoms with Crippen LogP contribution in [-0.4, -0.2) is 37.6 Å². The van der Waals surface area contributed by atoms with E-state index in [1.807, 2.05) is 0 Å². The predicted molar refractivity (Wildman–Crippen MR) is 95.7 cm³/mol. The van der Waals surface area contributed by atoms with Crippen LogP contribution in [0.25, 0.3) is 0 Å². The van der Waals surface area contributed by atoms with Crippen LogP contribution in [0.3, 0.4) is 0 Å². The van der Waals surface area contributed by atoms with Crippen molar-refractivity contribution in [3.63, 3.8) is 0 Å². The van der Waals surface area contributed by atoms with Gasteiger partial charge in [-0.25, -0.2) is 12.8 Å². The fourth-order valence-corrected chi connectivity index (χ4v) is 4.47. The molecular formula is C18H25FN2O4S. The number of likely N-dealkylation sites (N-methyl/N-ethyl adjacent to an activating group) is 1. The molecule has 0 bridgehead atoms. The highest BCUT2D eigenvalue weighted by Crippen LogP contribution is 2.29. The van der Waals surface area contributed by atoms with Crippen molar-refractivity contribution in [2.45, 2.75) is 61.6 Å². The number of rotatable bonds is 6. The molecule has 1 aromatic carbocycles. The minimum absolute atomic E-state index is 0.128. The van der Waals surface area contributed by atoms with Gasteiger partial charge in [0.1, 0.15) is 16.6 Å². The van der Waals surface area contributed by atoms with Gasteiger partial charge in [-0.3, -0.25) is 9.59 Å². The van der Waals surface area contributed by atoms with Gasteiger partial charge in [0, 0.05) is 6.54 Å². The van der Waals surface area contributed by atoms with Crippen molar-refractivity contribution < 1.29 is 22.4 Å². The molecule has 6 nitrogen and oxygen atoms in total. The van der Waals surface area contributed by atoms with Crippen LogP contribution in [0.15, 0.2) is 29.2 Å². The zero-order valence-electron chi connectivity index (χ0n) is 15.0. The third kappa shape index (κ3) is 4.23. The van der Waals surface area contributed by atoms with Gasteiger partial charge in [0.15, 0.2) is 9.84 Å². The number of carbonyl (C=O) groups is 2. The number of hydrogen-bond donors (Lipinski definition) is 2. The number of benzene rings is 1. The van der Waals surface area contributed by atoms with E-state index >= 15 is 0 Å². The molecule has 1 aromatic rings. The fraction of sp³-hybridized carbons (Fsp3) is 0.556. The SMILES string of the molecule is CCNC(=O)C1(NC(=O)C(C)S(=O)(=O)c2ccc(F)cc2)CCCCC1. The monoisotopic (exact) mass is 384 g/mol. The molecular weight excluding hydrogens is 359 g/mol. The van der Waals surface area contributed by atoms with Crippen LogP contribution in [-0.2, 0) is 19.4 Å². The van der Waals surface area contributed by atoms with E-state index in [0.29, 0.717) is 19.4 Å². The highest BCUT2D eigenvalue weighted by atomic mass is 32.2. The summed E-state index contributed by atoms with van der Waals surface area (Å²) in [4.78, 5) is 25.1. The average molecular weight is 384 g/mol. The predicted octanol–water partition coefficient (Wildman–Crippen LogP) is 1.94. The Morgan fingerprint density at radius 2 is 1.73 bits per heavy atom. The molecule has 0 aliphatic heterocycles. The molecule has 0 spiro atoms. The van der Waals surface area contributed by atoms with Crippen LogP contribution >= 0.6 is 0 Å². The highest BCUT2D eigenvalue weighted by molar-refractivity contribution is 7.92. The quantitative estimate of drug-likeness (QED) is 0.733. The first-order valence-electron chi connectivity index (χ1n) is 8.83. The van der Waals surface area contributed by atoms with Crippen LogP contribution < -0.4 is 10.6 Å². The third-order valence-electron chi connectivity index (χ3n) is 4.82. The van der Waals surface area contributed by atoms with Crippen molar-refractivity contribution in [3.05, 3.63) is 30.1 Å². The van der Waals surface area contributed by atoms with E-state index in [4.69, 9.17) is 0 Å². The van der Waals surface area contributed by atoms with E-state index in [2.05, 4.69) is 10.6 Å². The topological polar surface area (TPSA) is 92.3 Å². The van der Waals surface area contributed by atoms with Crippen LogP contribution in [0.2, 0.25) is 0 Å². The van der Waals surface area contributed by atoms with Crippen molar-refractivity contribution in [1.29, 1.82) is 0 Å². The zero-order chi connectivity index (χ0) is 19.4. The minimum Gasteiger partial charge on any atom is -0.354 e. The second-order valence-corrected chi connectivity index (χ2v) is 8.90. The van der Waals surface area contributed by atoms with Gasteiger partial charge in [-0.15, -0.1) is 0 Å². The molecule has 0 heterocycles. The molecule has 0 aromatic heterocycles. The maximum absolute atomic E-state index is 13.0. The van der Waals surface area contributed by atoms with Crippen molar-refractivity contribution >= 4 is 21.7 Å². The molecule has 1 fully saturated rings. The normalized spacial score (nSPS) is 18.0. The Kier molecular flexibility index (Phi) is 6.39. The second kappa shape index (κ2) is 8.16. The number of sulfone groups is 1. The summed E-state index contributed by atoms with van der Waals surface area (Å²) in [6.07, 6.45) is 3.51. The molecule has 0 radical (unpaired) electrons. The van der Waals surface area contributed by atoms with E-state index in [0.717, 1.165) is 43.5 Å². The number of carbonyl (C=O) groups excluding carboxylic acids is 2. The molecule has 1 unspecified atom stereocenters. The Balaban J connectivity index is 2.22. The van der Waals surface area contributed by atoms with Crippen LogP contribution in [0.4, 0.5) is 4.39 Å². The lowest BCUT2D eigenvalue weighted by atomic mass is 9.80. The lowest BCUT2D eigenvalue weighted by Gasteiger charge is -2.37. The Morgan fingerprint density at radius 1 is 1.15 bits per heavy atom. The van der Waals surface area contributed by atoms with E-state index in [9.17, 15) is 22.4 Å². The van der Waals surface area contributed by atoms with Gasteiger partial charge in [0.05, 0.1) is 4.90 Å². The number of hydrogen-bond acceptors (Lipinski definition) is 4. The molecule has 2 rings (SSSR count). The van der Waals surface area contributed by atoms with Crippen LogP contribution in [0.1, 0.15) is 46.0 Å². The summed E-state index contributed by atoms with van der Waals surface area (Å²) < 4.78 is 38.3. The summed E-state index contributed by atoms with van der Waals surface area (Å²) in [5.74, 6) is -1.56. The second-order valence-electron chi connectivity index (χ2n) is 6.63. The molecule has 26 heavy (non-hydrogen) atoms. The van der Waals surface area contributed by atoms with Crippen molar-refractivity contribution in [1.82, 2.24) is 10.6 Å². The molecule has 2 amide bonds. The van der Waals surface area contributed by atoms with Gasteiger partial charge >= 0.3 is 0 Å². The van der Waals surface area contributed by atoms with Crippen molar-refractivity contribution in [2.75, 3.05) is 6.54 Å². The summed E-state index contributed by atoms with van der Waals surface area (Å²) in [7, 11) is -3.98. The first-order valence-corrected chi connectivity index (χ1v) is 10.4. The van der Waals surface area contributed by atoms with Crippen LogP contribution in [0, 0.1) is 5.82 Å². The molecule has 1 aliphatic carbocycles. The minimum atomic E-state index is -3.98. The summed E-state index contributed by atoms with van der Waals surface area (Å²) in [6.45, 7) is 3.50. The number of amides is 2. The fourth-order valence-electron chi connectivity index (χ4n) is 3.20. The largest absolute Gasteiger partial charge is 0.354 e. The first kappa shape index (κ1) is 20.4. The highest BCUT2D eigenvalue weighted by Gasteiger charge is 2.43. The zero-order valence-corrected chi connectivity index (χ0v) is 15.9. The molecule has 8 heteroatoms. The Morgan fingerprint density at radius 3 is 2.27 bits per heavy atom. The molecule has 0 saturated heterocycles. The Labute approximate surface area is 153 Å². The number of nitrogens with one attached hydrogen (secondary N) is 2. The Bertz CT molecular complexity index is 756. The summed E-state index contributed by atoms with van der Waals surface area (Å²) in [5.41, 5.74) is -1.07. The summed E-state index contributed by atoms with van der Waals surface area (Å²) in [5, 5.41) is 4.04. The summed E-state index contributed by atoms with van der Waals surface area (Å²) in [6, 6.07) is 4.34. The van der Waals surface area contributed by atoms with Gasteiger partial charge in [-0.2, -0.15) is 0 Å². The van der Waals surface area contributed by atoms with Gasteiger partial charge < -0.3 is 10.6 Å². The molecule has 144 valence electrons. The summed E-state index contributed by atoms with van der Waals surface area (Å²) >= 11 is 0. The molecule has 1 aliphatic rings. The van der Waals surface area contributed by atoms with E-state index < -0.39 is 32.4 Å². The average Bonchev–Trinajstić information content (AvgIpc) is 2.62. The lowest BCUT2D eigenvalue weighted by Crippen LogP contribution is -2.61. The van der Waals surface area contributed by atoms with Gasteiger partial charge in [0.25, 0.3) is 0 Å². The van der Waals surface area contributed by atoms with E-state index in [1.54, 1.807) is 6.92 Å². The van der Waals surface area contributed by atoms with Crippen molar-refractivity contribution in [2.24, 2.45) is 0 Å². The van der Waals surface area contributed by atoms with Gasteiger partial charge in [0.2, 0.25) is 11.8 Å². The standard InChI is InChI=1S/C18H25FN2O4S/c1-3-20-17(23)18(11-5-4-6-12-18)21-16(22)13(2)26(24,25)15-9-7-14(19)8-10-15/h7-10,13H,3-6,11-12H2,1-2H3,(H,20,23)(H,21,22). The smallest absolute Gasteiger partial charge is 0.245 e. The van der Waals surface area contributed by atoms with E-state index in [1.165, 1.54) is 6.92 Å². The molecule has 1 saturated carbocycles. The third-order valence-corrected chi connectivity index (χ3v) is 6.89. The lowest BCUT2D eigenvalue weighted by molar-refractivity contribution is -0.134. The maximum Gasteiger partial charge on any atom is 0.245 e. The Hall–Kier alpha value is -1.96.